The number of nitrogens with zero attached hydrogens (tertiary/aromatic N) is 1. The largest absolute Gasteiger partial charge is 0.397 e. The van der Waals surface area contributed by atoms with Gasteiger partial charge in [-0.1, -0.05) is 18.5 Å². The van der Waals surface area contributed by atoms with Gasteiger partial charge in [-0.15, -0.1) is 11.8 Å². The molecule has 1 atom stereocenters. The Bertz CT molecular complexity index is 309. The summed E-state index contributed by atoms with van der Waals surface area (Å²) in [5.41, 5.74) is 6.34. The Hall–Kier alpha value is -0.450. The summed E-state index contributed by atoms with van der Waals surface area (Å²) in [5, 5.41) is 10.0. The second kappa shape index (κ2) is 5.44. The third-order valence-corrected chi connectivity index (χ3v) is 3.22. The van der Waals surface area contributed by atoms with E-state index < -0.39 is 0 Å². The number of hydrogen-bond acceptors (Lipinski definition) is 4. The van der Waals surface area contributed by atoms with E-state index in [2.05, 4.69) is 4.98 Å². The van der Waals surface area contributed by atoms with Crippen molar-refractivity contribution >= 4 is 29.1 Å². The lowest BCUT2D eigenvalue weighted by atomic mass is 10.2. The van der Waals surface area contributed by atoms with Gasteiger partial charge in [-0.2, -0.15) is 0 Å². The van der Waals surface area contributed by atoms with Crippen LogP contribution in [0.1, 0.15) is 6.92 Å². The number of anilines is 1. The van der Waals surface area contributed by atoms with Crippen molar-refractivity contribution in [3.8, 4) is 0 Å². The molecule has 1 heterocycles. The monoisotopic (exact) mass is 232 g/mol. The van der Waals surface area contributed by atoms with Crippen molar-refractivity contribution in [2.24, 2.45) is 5.92 Å². The summed E-state index contributed by atoms with van der Waals surface area (Å²) in [6.45, 7) is 2.14. The molecule has 0 spiro atoms. The van der Waals surface area contributed by atoms with E-state index in [0.29, 0.717) is 10.8 Å². The summed E-state index contributed by atoms with van der Waals surface area (Å²) < 4.78 is 0. The molecule has 0 bridgehead atoms. The first-order valence-corrected chi connectivity index (χ1v) is 5.65. The minimum absolute atomic E-state index is 0.174. The first kappa shape index (κ1) is 11.6. The second-order valence-electron chi connectivity index (χ2n) is 3.13. The van der Waals surface area contributed by atoms with Crippen molar-refractivity contribution < 1.29 is 5.11 Å². The van der Waals surface area contributed by atoms with Gasteiger partial charge >= 0.3 is 0 Å². The Labute approximate surface area is 92.7 Å². The summed E-state index contributed by atoms with van der Waals surface area (Å²) in [6, 6.07) is 3.40. The lowest BCUT2D eigenvalue weighted by Crippen LogP contribution is -2.04. The average Bonchev–Trinajstić information content (AvgIpc) is 2.19. The van der Waals surface area contributed by atoms with Crippen LogP contribution in [0, 0.1) is 5.92 Å². The van der Waals surface area contributed by atoms with Gasteiger partial charge in [0.25, 0.3) is 0 Å². The second-order valence-corrected chi connectivity index (χ2v) is 4.52. The number of thioether (sulfide) groups is 1. The smallest absolute Gasteiger partial charge is 0.130 e. The molecule has 0 aliphatic heterocycles. The van der Waals surface area contributed by atoms with Gasteiger partial charge in [0.05, 0.1) is 5.69 Å². The minimum Gasteiger partial charge on any atom is -0.397 e. The zero-order valence-corrected chi connectivity index (χ0v) is 9.48. The standard InChI is InChI=1S/C9H13ClN2OS/c1-6(4-13)5-14-9-7(11)2-3-8(10)12-9/h2-3,6,13H,4-5,11H2,1H3. The van der Waals surface area contributed by atoms with E-state index >= 15 is 0 Å². The fraction of sp³-hybridized carbons (Fsp3) is 0.444. The Kier molecular flexibility index (Phi) is 4.51. The van der Waals surface area contributed by atoms with Crippen LogP contribution >= 0.6 is 23.4 Å². The number of nitrogens with two attached hydrogens (primary N) is 1. The van der Waals surface area contributed by atoms with Gasteiger partial charge in [-0.25, -0.2) is 4.98 Å². The van der Waals surface area contributed by atoms with Crippen molar-refractivity contribution in [2.45, 2.75) is 11.9 Å². The maximum atomic E-state index is 8.85. The molecule has 1 aromatic rings. The predicted molar refractivity (Wildman–Crippen MR) is 60.6 cm³/mol. The zero-order chi connectivity index (χ0) is 10.6. The molecule has 0 aliphatic carbocycles. The first-order valence-electron chi connectivity index (χ1n) is 4.29. The van der Waals surface area contributed by atoms with Gasteiger partial charge in [-0.05, 0) is 18.1 Å². The molecule has 78 valence electrons. The molecule has 0 fully saturated rings. The fourth-order valence-corrected chi connectivity index (χ4v) is 1.96. The number of aromatic nitrogens is 1. The SMILES string of the molecule is CC(CO)CSc1nc(Cl)ccc1N. The third kappa shape index (κ3) is 3.36. The summed E-state index contributed by atoms with van der Waals surface area (Å²) in [6.07, 6.45) is 0. The van der Waals surface area contributed by atoms with Gasteiger partial charge in [-0.3, -0.25) is 0 Å². The summed E-state index contributed by atoms with van der Waals surface area (Å²) >= 11 is 7.25. The highest BCUT2D eigenvalue weighted by atomic mass is 35.5. The molecule has 1 aromatic heterocycles. The lowest BCUT2D eigenvalue weighted by molar-refractivity contribution is 0.250. The zero-order valence-electron chi connectivity index (χ0n) is 7.90. The molecule has 0 aromatic carbocycles. The van der Waals surface area contributed by atoms with Crippen LogP contribution in [0.25, 0.3) is 0 Å². The molecule has 1 unspecified atom stereocenters. The topological polar surface area (TPSA) is 59.1 Å². The normalized spacial score (nSPS) is 12.8. The minimum atomic E-state index is 0.174. The van der Waals surface area contributed by atoms with Crippen LogP contribution in [-0.4, -0.2) is 22.5 Å². The molecule has 0 saturated carbocycles. The molecule has 0 amide bonds. The number of halogens is 1. The number of aliphatic hydroxyl groups excluding tert-OH is 1. The third-order valence-electron chi connectivity index (χ3n) is 1.67. The van der Waals surface area contributed by atoms with Crippen molar-refractivity contribution in [3.63, 3.8) is 0 Å². The number of nitrogen functional groups attached to an aromatic ring is 1. The van der Waals surface area contributed by atoms with Crippen LogP contribution in [0.5, 0.6) is 0 Å². The van der Waals surface area contributed by atoms with E-state index in [4.69, 9.17) is 22.4 Å². The van der Waals surface area contributed by atoms with E-state index in [1.54, 1.807) is 12.1 Å². The van der Waals surface area contributed by atoms with Crippen LogP contribution in [0.2, 0.25) is 5.15 Å². The van der Waals surface area contributed by atoms with Crippen LogP contribution in [0.4, 0.5) is 5.69 Å². The number of aliphatic hydroxyl groups is 1. The first-order chi connectivity index (χ1) is 6.63. The number of rotatable bonds is 4. The van der Waals surface area contributed by atoms with Crippen molar-refractivity contribution in [2.75, 3.05) is 18.1 Å². The van der Waals surface area contributed by atoms with Crippen LogP contribution in [0.15, 0.2) is 17.2 Å². The molecule has 3 N–H and O–H groups in total. The Morgan fingerprint density at radius 2 is 2.36 bits per heavy atom. The molecule has 0 saturated heterocycles. The number of hydrogen-bond donors (Lipinski definition) is 2. The molecule has 14 heavy (non-hydrogen) atoms. The molecule has 5 heteroatoms. The highest BCUT2D eigenvalue weighted by Crippen LogP contribution is 2.25. The highest BCUT2D eigenvalue weighted by Gasteiger charge is 2.06. The van der Waals surface area contributed by atoms with Crippen molar-refractivity contribution in [3.05, 3.63) is 17.3 Å². The summed E-state index contributed by atoms with van der Waals surface area (Å²) in [4.78, 5) is 4.10. The van der Waals surface area contributed by atoms with Crippen molar-refractivity contribution in [1.82, 2.24) is 4.98 Å². The van der Waals surface area contributed by atoms with Gasteiger partial charge in [0.1, 0.15) is 10.2 Å². The van der Waals surface area contributed by atoms with Gasteiger partial charge in [0.2, 0.25) is 0 Å². The van der Waals surface area contributed by atoms with Crippen molar-refractivity contribution in [1.29, 1.82) is 0 Å². The summed E-state index contributed by atoms with van der Waals surface area (Å²) in [5.74, 6) is 1.02. The Morgan fingerprint density at radius 3 is 3.00 bits per heavy atom. The van der Waals surface area contributed by atoms with Gasteiger partial charge in [0, 0.05) is 12.4 Å². The fourth-order valence-electron chi connectivity index (χ4n) is 0.818. The van der Waals surface area contributed by atoms with E-state index in [9.17, 15) is 0 Å². The molecule has 1 rings (SSSR count). The molecular formula is C9H13ClN2OS. The van der Waals surface area contributed by atoms with E-state index in [0.717, 1.165) is 10.8 Å². The van der Waals surface area contributed by atoms with E-state index in [1.807, 2.05) is 6.92 Å². The molecule has 3 nitrogen and oxygen atoms in total. The van der Waals surface area contributed by atoms with Crippen LogP contribution in [0.3, 0.4) is 0 Å². The molecular weight excluding hydrogens is 220 g/mol. The lowest BCUT2D eigenvalue weighted by Gasteiger charge is -2.08. The Morgan fingerprint density at radius 1 is 1.64 bits per heavy atom. The maximum absolute atomic E-state index is 8.85. The molecule has 0 aliphatic rings. The van der Waals surface area contributed by atoms with Crippen LogP contribution in [-0.2, 0) is 0 Å². The highest BCUT2D eigenvalue weighted by molar-refractivity contribution is 7.99. The predicted octanol–water partition coefficient (Wildman–Crippen LogP) is 2.04. The molecule has 0 radical (unpaired) electrons. The maximum Gasteiger partial charge on any atom is 0.130 e. The van der Waals surface area contributed by atoms with E-state index in [1.165, 1.54) is 11.8 Å². The quantitative estimate of drug-likeness (QED) is 0.616. The van der Waals surface area contributed by atoms with Gasteiger partial charge < -0.3 is 10.8 Å². The van der Waals surface area contributed by atoms with E-state index in [-0.39, 0.29) is 12.5 Å². The number of pyridine rings is 1. The Balaban J connectivity index is 2.62. The van der Waals surface area contributed by atoms with Gasteiger partial charge in [0.15, 0.2) is 0 Å². The van der Waals surface area contributed by atoms with Crippen LogP contribution < -0.4 is 5.73 Å². The summed E-state index contributed by atoms with van der Waals surface area (Å²) in [7, 11) is 0. The average molecular weight is 233 g/mol.